The van der Waals surface area contributed by atoms with E-state index in [0.717, 1.165) is 0 Å². The van der Waals surface area contributed by atoms with Gasteiger partial charge in [0.25, 0.3) is 5.91 Å². The zero-order chi connectivity index (χ0) is 13.1. The van der Waals surface area contributed by atoms with Crippen molar-refractivity contribution in [2.45, 2.75) is 0 Å². The molecule has 0 radical (unpaired) electrons. The standard InChI is InChI=1S/C14H13ClN2O/c1-17(13-5-3-2-4-12(13)16)14(18)10-6-8-11(15)9-7-10/h2-9H,16H2,1H3. The number of hydrogen-bond acceptors (Lipinski definition) is 2. The second kappa shape index (κ2) is 5.10. The molecule has 0 unspecified atom stereocenters. The summed E-state index contributed by atoms with van der Waals surface area (Å²) >= 11 is 5.79. The van der Waals surface area contributed by atoms with E-state index in [4.69, 9.17) is 17.3 Å². The Balaban J connectivity index is 2.29. The summed E-state index contributed by atoms with van der Waals surface area (Å²) in [6, 6.07) is 14.0. The van der Waals surface area contributed by atoms with Gasteiger partial charge in [0.1, 0.15) is 0 Å². The number of benzene rings is 2. The first-order chi connectivity index (χ1) is 8.59. The van der Waals surface area contributed by atoms with Crippen LogP contribution in [0.15, 0.2) is 48.5 Å². The largest absolute Gasteiger partial charge is 0.397 e. The first-order valence-corrected chi connectivity index (χ1v) is 5.85. The minimum atomic E-state index is -0.121. The second-order valence-corrected chi connectivity index (χ2v) is 4.37. The second-order valence-electron chi connectivity index (χ2n) is 3.93. The molecule has 0 saturated carbocycles. The summed E-state index contributed by atoms with van der Waals surface area (Å²) in [4.78, 5) is 13.8. The third kappa shape index (κ3) is 2.46. The molecule has 4 heteroatoms. The molecule has 0 fully saturated rings. The summed E-state index contributed by atoms with van der Waals surface area (Å²) < 4.78 is 0. The Morgan fingerprint density at radius 3 is 2.33 bits per heavy atom. The van der Waals surface area contributed by atoms with Crippen LogP contribution in [-0.2, 0) is 0 Å². The fourth-order valence-corrected chi connectivity index (χ4v) is 1.81. The average Bonchev–Trinajstić information content (AvgIpc) is 2.38. The molecule has 0 bridgehead atoms. The Bertz CT molecular complexity index is 566. The van der Waals surface area contributed by atoms with E-state index in [1.54, 1.807) is 37.4 Å². The molecule has 0 atom stereocenters. The molecule has 0 aliphatic carbocycles. The van der Waals surface area contributed by atoms with Crippen molar-refractivity contribution < 1.29 is 4.79 Å². The summed E-state index contributed by atoms with van der Waals surface area (Å²) in [5, 5.41) is 0.605. The van der Waals surface area contributed by atoms with Gasteiger partial charge in [-0.05, 0) is 36.4 Å². The lowest BCUT2D eigenvalue weighted by Gasteiger charge is -2.19. The Kier molecular flexibility index (Phi) is 3.53. The highest BCUT2D eigenvalue weighted by Gasteiger charge is 2.14. The molecule has 0 aliphatic heterocycles. The molecule has 2 rings (SSSR count). The van der Waals surface area contributed by atoms with Gasteiger partial charge in [-0.25, -0.2) is 0 Å². The number of anilines is 2. The van der Waals surface area contributed by atoms with Crippen LogP contribution in [0.5, 0.6) is 0 Å². The maximum atomic E-state index is 12.2. The van der Waals surface area contributed by atoms with Crippen LogP contribution in [0.25, 0.3) is 0 Å². The average molecular weight is 261 g/mol. The van der Waals surface area contributed by atoms with Crippen molar-refractivity contribution in [2.75, 3.05) is 17.7 Å². The van der Waals surface area contributed by atoms with Gasteiger partial charge in [0.15, 0.2) is 0 Å². The van der Waals surface area contributed by atoms with Crippen molar-refractivity contribution >= 4 is 28.9 Å². The van der Waals surface area contributed by atoms with E-state index in [-0.39, 0.29) is 5.91 Å². The number of nitrogen functional groups attached to an aromatic ring is 1. The van der Waals surface area contributed by atoms with E-state index >= 15 is 0 Å². The molecule has 2 aromatic carbocycles. The third-order valence-electron chi connectivity index (χ3n) is 2.69. The predicted molar refractivity (Wildman–Crippen MR) is 75.0 cm³/mol. The topological polar surface area (TPSA) is 46.3 Å². The smallest absolute Gasteiger partial charge is 0.258 e. The Morgan fingerprint density at radius 1 is 1.11 bits per heavy atom. The first kappa shape index (κ1) is 12.5. The molecule has 2 N–H and O–H groups in total. The molecular weight excluding hydrogens is 248 g/mol. The van der Waals surface area contributed by atoms with E-state index in [2.05, 4.69) is 0 Å². The number of para-hydroxylation sites is 2. The van der Waals surface area contributed by atoms with Crippen molar-refractivity contribution in [3.05, 3.63) is 59.1 Å². The highest BCUT2D eigenvalue weighted by atomic mass is 35.5. The summed E-state index contributed by atoms with van der Waals surface area (Å²) in [5.41, 5.74) is 7.68. The normalized spacial score (nSPS) is 10.1. The fourth-order valence-electron chi connectivity index (χ4n) is 1.69. The van der Waals surface area contributed by atoms with Gasteiger partial charge >= 0.3 is 0 Å². The van der Waals surface area contributed by atoms with Gasteiger partial charge in [0.2, 0.25) is 0 Å². The van der Waals surface area contributed by atoms with Gasteiger partial charge in [-0.2, -0.15) is 0 Å². The number of carbonyl (C=O) groups is 1. The number of halogens is 1. The Morgan fingerprint density at radius 2 is 1.72 bits per heavy atom. The molecule has 18 heavy (non-hydrogen) atoms. The molecule has 0 aliphatic rings. The number of hydrogen-bond donors (Lipinski definition) is 1. The third-order valence-corrected chi connectivity index (χ3v) is 2.95. The number of rotatable bonds is 2. The Labute approximate surface area is 111 Å². The molecular formula is C14H13ClN2O. The van der Waals surface area contributed by atoms with Crippen LogP contribution in [-0.4, -0.2) is 13.0 Å². The minimum absolute atomic E-state index is 0.121. The molecule has 0 heterocycles. The SMILES string of the molecule is CN(C(=O)c1ccc(Cl)cc1)c1ccccc1N. The van der Waals surface area contributed by atoms with Crippen molar-refractivity contribution in [1.29, 1.82) is 0 Å². The van der Waals surface area contributed by atoms with Crippen molar-refractivity contribution in [3.63, 3.8) is 0 Å². The van der Waals surface area contributed by atoms with Gasteiger partial charge in [-0.1, -0.05) is 23.7 Å². The van der Waals surface area contributed by atoms with Crippen LogP contribution in [0, 0.1) is 0 Å². The summed E-state index contributed by atoms with van der Waals surface area (Å²) in [7, 11) is 1.70. The summed E-state index contributed by atoms with van der Waals surface area (Å²) in [5.74, 6) is -0.121. The van der Waals surface area contributed by atoms with Crippen molar-refractivity contribution in [2.24, 2.45) is 0 Å². The highest BCUT2D eigenvalue weighted by Crippen LogP contribution is 2.23. The molecule has 0 spiro atoms. The molecule has 1 amide bonds. The van der Waals surface area contributed by atoms with Gasteiger partial charge in [0, 0.05) is 17.6 Å². The minimum Gasteiger partial charge on any atom is -0.397 e. The predicted octanol–water partition coefficient (Wildman–Crippen LogP) is 3.20. The van der Waals surface area contributed by atoms with Crippen molar-refractivity contribution in [3.8, 4) is 0 Å². The molecule has 3 nitrogen and oxygen atoms in total. The lowest BCUT2D eigenvalue weighted by Crippen LogP contribution is -2.26. The molecule has 2 aromatic rings. The van der Waals surface area contributed by atoms with E-state index in [0.29, 0.717) is 22.0 Å². The van der Waals surface area contributed by atoms with E-state index in [1.165, 1.54) is 4.90 Å². The number of amides is 1. The van der Waals surface area contributed by atoms with Gasteiger partial charge in [-0.15, -0.1) is 0 Å². The summed E-state index contributed by atoms with van der Waals surface area (Å²) in [6.45, 7) is 0. The summed E-state index contributed by atoms with van der Waals surface area (Å²) in [6.07, 6.45) is 0. The molecule has 92 valence electrons. The van der Waals surface area contributed by atoms with E-state index in [9.17, 15) is 4.79 Å². The highest BCUT2D eigenvalue weighted by molar-refractivity contribution is 6.30. The fraction of sp³-hybridized carbons (Fsp3) is 0.0714. The van der Waals surface area contributed by atoms with Crippen molar-refractivity contribution in [1.82, 2.24) is 0 Å². The van der Waals surface area contributed by atoms with Crippen LogP contribution < -0.4 is 10.6 Å². The maximum Gasteiger partial charge on any atom is 0.258 e. The van der Waals surface area contributed by atoms with E-state index < -0.39 is 0 Å². The van der Waals surface area contributed by atoms with Crippen LogP contribution in [0.1, 0.15) is 10.4 Å². The first-order valence-electron chi connectivity index (χ1n) is 5.47. The lowest BCUT2D eigenvalue weighted by atomic mass is 10.2. The van der Waals surface area contributed by atoms with Crippen LogP contribution in [0.2, 0.25) is 5.02 Å². The zero-order valence-electron chi connectivity index (χ0n) is 9.93. The van der Waals surface area contributed by atoms with Gasteiger partial charge < -0.3 is 10.6 Å². The monoisotopic (exact) mass is 260 g/mol. The maximum absolute atomic E-state index is 12.2. The van der Waals surface area contributed by atoms with Crippen LogP contribution >= 0.6 is 11.6 Å². The van der Waals surface area contributed by atoms with Crippen LogP contribution in [0.3, 0.4) is 0 Å². The zero-order valence-corrected chi connectivity index (χ0v) is 10.7. The Hall–Kier alpha value is -2.00. The molecule has 0 aromatic heterocycles. The van der Waals surface area contributed by atoms with E-state index in [1.807, 2.05) is 18.2 Å². The molecule has 0 saturated heterocycles. The lowest BCUT2D eigenvalue weighted by molar-refractivity contribution is 0.0993. The quantitative estimate of drug-likeness (QED) is 0.843. The number of nitrogens with two attached hydrogens (primary N) is 1. The van der Waals surface area contributed by atoms with Gasteiger partial charge in [0.05, 0.1) is 11.4 Å². The van der Waals surface area contributed by atoms with Gasteiger partial charge in [-0.3, -0.25) is 4.79 Å². The number of carbonyl (C=O) groups excluding carboxylic acids is 1. The number of nitrogens with zero attached hydrogens (tertiary/aromatic N) is 1. The van der Waals surface area contributed by atoms with Crippen LogP contribution in [0.4, 0.5) is 11.4 Å².